The van der Waals surface area contributed by atoms with E-state index in [2.05, 4.69) is 54.9 Å². The number of likely N-dealkylation sites (tertiary alicyclic amines) is 1. The summed E-state index contributed by atoms with van der Waals surface area (Å²) in [6.07, 6.45) is -3.14. The molecule has 1 aromatic heterocycles. The van der Waals surface area contributed by atoms with E-state index in [0.717, 1.165) is 16.6 Å². The molecule has 220 valence electrons. The lowest BCUT2D eigenvalue weighted by atomic mass is 9.87. The SMILES string of the molecule is CC(C)(C)c1ccc(CN(Cc2cccc(C(F)(F)F)c2)Cc2nc(C(=O)N3CCC4(CC3)OCCO4)cs2)cc1. The van der Waals surface area contributed by atoms with Crippen LogP contribution in [0.3, 0.4) is 0 Å². The van der Waals surface area contributed by atoms with Crippen molar-refractivity contribution in [3.63, 3.8) is 0 Å². The molecular formula is C31H36F3N3O3S. The van der Waals surface area contributed by atoms with Gasteiger partial charge < -0.3 is 14.4 Å². The molecule has 0 N–H and O–H groups in total. The monoisotopic (exact) mass is 587 g/mol. The van der Waals surface area contributed by atoms with Crippen LogP contribution in [0.1, 0.15) is 71.4 Å². The van der Waals surface area contributed by atoms with Crippen LogP contribution in [0.25, 0.3) is 0 Å². The minimum atomic E-state index is -4.40. The van der Waals surface area contributed by atoms with Crippen LogP contribution in [0.2, 0.25) is 0 Å². The molecule has 2 aliphatic heterocycles. The lowest BCUT2D eigenvalue weighted by Gasteiger charge is -2.37. The van der Waals surface area contributed by atoms with Crippen molar-refractivity contribution >= 4 is 17.2 Å². The van der Waals surface area contributed by atoms with Crippen molar-refractivity contribution in [2.24, 2.45) is 0 Å². The predicted octanol–water partition coefficient (Wildman–Crippen LogP) is 6.64. The lowest BCUT2D eigenvalue weighted by molar-refractivity contribution is -0.181. The Bertz CT molecular complexity index is 1330. The number of alkyl halides is 3. The Kier molecular flexibility index (Phi) is 8.57. The summed E-state index contributed by atoms with van der Waals surface area (Å²) >= 11 is 1.39. The Morgan fingerprint density at radius 2 is 1.61 bits per heavy atom. The number of rotatable bonds is 7. The van der Waals surface area contributed by atoms with Gasteiger partial charge in [-0.1, -0.05) is 63.2 Å². The summed E-state index contributed by atoms with van der Waals surface area (Å²) in [6.45, 7) is 9.95. The van der Waals surface area contributed by atoms with Crippen LogP contribution in [0.15, 0.2) is 53.9 Å². The van der Waals surface area contributed by atoms with Gasteiger partial charge in [0.1, 0.15) is 10.7 Å². The molecule has 0 bridgehead atoms. The molecule has 2 aliphatic rings. The summed E-state index contributed by atoms with van der Waals surface area (Å²) in [5, 5.41) is 2.51. The van der Waals surface area contributed by atoms with Gasteiger partial charge in [-0.2, -0.15) is 13.2 Å². The van der Waals surface area contributed by atoms with Crippen molar-refractivity contribution in [1.82, 2.24) is 14.8 Å². The quantitative estimate of drug-likeness (QED) is 0.310. The molecule has 2 saturated heterocycles. The zero-order valence-electron chi connectivity index (χ0n) is 23.7. The normalized spacial score (nSPS) is 17.5. The predicted molar refractivity (Wildman–Crippen MR) is 151 cm³/mol. The van der Waals surface area contributed by atoms with E-state index < -0.39 is 17.5 Å². The third kappa shape index (κ3) is 7.35. The number of thiazole rings is 1. The van der Waals surface area contributed by atoms with Crippen LogP contribution < -0.4 is 0 Å². The minimum Gasteiger partial charge on any atom is -0.347 e. The van der Waals surface area contributed by atoms with E-state index in [-0.39, 0.29) is 11.3 Å². The van der Waals surface area contributed by atoms with Crippen molar-refractivity contribution in [3.8, 4) is 0 Å². The Balaban J connectivity index is 1.30. The van der Waals surface area contributed by atoms with E-state index in [4.69, 9.17) is 9.47 Å². The van der Waals surface area contributed by atoms with Gasteiger partial charge in [0.25, 0.3) is 5.91 Å². The number of piperidine rings is 1. The fourth-order valence-corrected chi connectivity index (χ4v) is 6.12. The highest BCUT2D eigenvalue weighted by Gasteiger charge is 2.41. The van der Waals surface area contributed by atoms with Crippen molar-refractivity contribution in [3.05, 3.63) is 86.9 Å². The van der Waals surface area contributed by atoms with Crippen LogP contribution in [0.4, 0.5) is 13.2 Å². The molecule has 3 heterocycles. The Morgan fingerprint density at radius 3 is 2.24 bits per heavy atom. The van der Waals surface area contributed by atoms with Crippen molar-refractivity contribution in [2.75, 3.05) is 26.3 Å². The first-order chi connectivity index (χ1) is 19.4. The molecule has 41 heavy (non-hydrogen) atoms. The van der Waals surface area contributed by atoms with E-state index >= 15 is 0 Å². The zero-order chi connectivity index (χ0) is 29.3. The standard InChI is InChI=1S/C31H36F3N3O3S/c1-29(2,3)24-9-7-22(8-10-24)18-36(19-23-5-4-6-25(17-23)31(32,33)34)20-27-35-26(21-41-27)28(38)37-13-11-30(12-14-37)39-15-16-40-30/h4-10,17,21H,11-16,18-20H2,1-3H3. The third-order valence-electron chi connectivity index (χ3n) is 7.64. The van der Waals surface area contributed by atoms with E-state index in [1.54, 1.807) is 16.3 Å². The number of hydrogen-bond donors (Lipinski definition) is 0. The van der Waals surface area contributed by atoms with Gasteiger partial charge in [-0.05, 0) is 28.2 Å². The highest BCUT2D eigenvalue weighted by Crippen LogP contribution is 2.32. The molecule has 5 rings (SSSR count). The Morgan fingerprint density at radius 1 is 0.951 bits per heavy atom. The second kappa shape index (κ2) is 11.8. The summed E-state index contributed by atoms with van der Waals surface area (Å²) in [4.78, 5) is 21.7. The second-order valence-electron chi connectivity index (χ2n) is 11.8. The highest BCUT2D eigenvalue weighted by molar-refractivity contribution is 7.09. The number of amides is 1. The maximum Gasteiger partial charge on any atom is 0.416 e. The average molecular weight is 588 g/mol. The molecule has 3 aromatic rings. The number of hydrogen-bond acceptors (Lipinski definition) is 6. The molecule has 0 aliphatic carbocycles. The van der Waals surface area contributed by atoms with Crippen LogP contribution in [0, 0.1) is 0 Å². The third-order valence-corrected chi connectivity index (χ3v) is 8.48. The van der Waals surface area contributed by atoms with Crippen molar-refractivity contribution < 1.29 is 27.4 Å². The van der Waals surface area contributed by atoms with Crippen LogP contribution in [-0.2, 0) is 40.7 Å². The molecule has 10 heteroatoms. The zero-order valence-corrected chi connectivity index (χ0v) is 24.5. The van der Waals surface area contributed by atoms with Gasteiger partial charge in [0.2, 0.25) is 0 Å². The van der Waals surface area contributed by atoms with E-state index in [0.29, 0.717) is 70.0 Å². The van der Waals surface area contributed by atoms with Gasteiger partial charge in [-0.3, -0.25) is 9.69 Å². The first kappa shape index (κ1) is 29.7. The number of nitrogens with zero attached hydrogens (tertiary/aromatic N) is 3. The maximum atomic E-state index is 13.4. The van der Waals surface area contributed by atoms with Gasteiger partial charge in [0.05, 0.1) is 25.3 Å². The maximum absolute atomic E-state index is 13.4. The van der Waals surface area contributed by atoms with Crippen molar-refractivity contribution in [2.45, 2.75) is 70.6 Å². The fraction of sp³-hybridized carbons (Fsp3) is 0.484. The Labute approximate surface area is 243 Å². The molecule has 0 radical (unpaired) electrons. The summed E-state index contributed by atoms with van der Waals surface area (Å²) < 4.78 is 51.7. The van der Waals surface area contributed by atoms with Crippen LogP contribution in [-0.4, -0.2) is 52.8 Å². The van der Waals surface area contributed by atoms with Crippen molar-refractivity contribution in [1.29, 1.82) is 0 Å². The molecular weight excluding hydrogens is 551 g/mol. The Hall–Kier alpha value is -2.79. The molecule has 2 fully saturated rings. The van der Waals surface area contributed by atoms with Gasteiger partial charge in [-0.25, -0.2) is 4.98 Å². The molecule has 0 saturated carbocycles. The summed E-state index contributed by atoms with van der Waals surface area (Å²) in [5.41, 5.74) is 2.58. The average Bonchev–Trinajstić information content (AvgIpc) is 3.58. The molecule has 6 nitrogen and oxygen atoms in total. The number of aromatic nitrogens is 1. The van der Waals surface area contributed by atoms with Crippen LogP contribution in [0.5, 0.6) is 0 Å². The number of carbonyl (C=O) groups is 1. The fourth-order valence-electron chi connectivity index (χ4n) is 5.31. The first-order valence-corrected chi connectivity index (χ1v) is 14.8. The molecule has 0 unspecified atom stereocenters. The number of halogens is 3. The second-order valence-corrected chi connectivity index (χ2v) is 12.8. The molecule has 1 spiro atoms. The van der Waals surface area contributed by atoms with E-state index in [1.807, 2.05) is 0 Å². The van der Waals surface area contributed by atoms with E-state index in [9.17, 15) is 18.0 Å². The van der Waals surface area contributed by atoms with Gasteiger partial charge in [0, 0.05) is 44.4 Å². The highest BCUT2D eigenvalue weighted by atomic mass is 32.1. The first-order valence-electron chi connectivity index (χ1n) is 13.9. The molecule has 1 amide bonds. The van der Waals surface area contributed by atoms with Gasteiger partial charge in [0.15, 0.2) is 5.79 Å². The van der Waals surface area contributed by atoms with Gasteiger partial charge in [-0.15, -0.1) is 11.3 Å². The van der Waals surface area contributed by atoms with E-state index in [1.165, 1.54) is 29.0 Å². The largest absolute Gasteiger partial charge is 0.416 e. The van der Waals surface area contributed by atoms with Crippen LogP contribution >= 0.6 is 11.3 Å². The summed E-state index contributed by atoms with van der Waals surface area (Å²) in [6, 6.07) is 13.8. The number of ether oxygens (including phenoxy) is 2. The summed E-state index contributed by atoms with van der Waals surface area (Å²) in [5.74, 6) is -0.679. The smallest absolute Gasteiger partial charge is 0.347 e. The molecule has 0 atom stereocenters. The number of benzene rings is 2. The van der Waals surface area contributed by atoms with Gasteiger partial charge >= 0.3 is 6.18 Å². The molecule has 2 aromatic carbocycles. The minimum absolute atomic E-state index is 0.0200. The summed E-state index contributed by atoms with van der Waals surface area (Å²) in [7, 11) is 0. The lowest BCUT2D eigenvalue weighted by Crippen LogP contribution is -2.47. The topological polar surface area (TPSA) is 54.9 Å². The number of carbonyl (C=O) groups excluding carboxylic acids is 1.